The van der Waals surface area contributed by atoms with E-state index in [1.165, 1.54) is 36.8 Å². The lowest BCUT2D eigenvalue weighted by molar-refractivity contribution is 0.569. The van der Waals surface area contributed by atoms with E-state index in [0.29, 0.717) is 0 Å². The zero-order valence-corrected chi connectivity index (χ0v) is 17.3. The van der Waals surface area contributed by atoms with E-state index in [0.717, 1.165) is 25.7 Å². The van der Waals surface area contributed by atoms with Crippen molar-refractivity contribution in [2.75, 3.05) is 0 Å². The molecule has 0 heterocycles. The van der Waals surface area contributed by atoms with Gasteiger partial charge < -0.3 is 0 Å². The van der Waals surface area contributed by atoms with E-state index in [-0.39, 0.29) is 10.8 Å². The molecule has 25 heavy (non-hydrogen) atoms. The second-order valence-corrected chi connectivity index (χ2v) is 9.03. The van der Waals surface area contributed by atoms with Crippen molar-refractivity contribution in [1.82, 2.24) is 0 Å². The van der Waals surface area contributed by atoms with Crippen molar-refractivity contribution in [1.29, 1.82) is 0 Å². The average Bonchev–Trinajstić information content (AvgIpc) is 2.92. The smallest absolute Gasteiger partial charge is 0.0230 e. The number of rotatable bonds is 8. The van der Waals surface area contributed by atoms with Gasteiger partial charge in [-0.2, -0.15) is 0 Å². The van der Waals surface area contributed by atoms with Crippen molar-refractivity contribution in [3.63, 3.8) is 0 Å². The second-order valence-electron chi connectivity index (χ2n) is 9.03. The maximum Gasteiger partial charge on any atom is 0.0230 e. The van der Waals surface area contributed by atoms with E-state index in [4.69, 9.17) is 0 Å². The molecule has 0 radical (unpaired) electrons. The Morgan fingerprint density at radius 2 is 1.08 bits per heavy atom. The van der Waals surface area contributed by atoms with E-state index in [9.17, 15) is 0 Å². The summed E-state index contributed by atoms with van der Waals surface area (Å²) in [7, 11) is 0. The second kappa shape index (κ2) is 10.4. The van der Waals surface area contributed by atoms with Gasteiger partial charge in [0.15, 0.2) is 0 Å². The maximum absolute atomic E-state index is 3.57. The lowest BCUT2D eigenvalue weighted by Gasteiger charge is -2.06. The summed E-state index contributed by atoms with van der Waals surface area (Å²) in [4.78, 5) is 0. The topological polar surface area (TPSA) is 0 Å². The summed E-state index contributed by atoms with van der Waals surface area (Å²) in [6.07, 6.45) is 13.6. The summed E-state index contributed by atoms with van der Waals surface area (Å²) in [5.74, 6) is 13.2. The first-order chi connectivity index (χ1) is 11.7. The molecule has 0 aliphatic heterocycles. The Kier molecular flexibility index (Phi) is 8.90. The fraction of sp³-hybridized carbons (Fsp3) is 0.640. The van der Waals surface area contributed by atoms with Crippen LogP contribution >= 0.6 is 0 Å². The van der Waals surface area contributed by atoms with Crippen LogP contribution in [-0.2, 0) is 0 Å². The van der Waals surface area contributed by atoms with Crippen molar-refractivity contribution < 1.29 is 0 Å². The highest BCUT2D eigenvalue weighted by atomic mass is 14.1. The van der Waals surface area contributed by atoms with Gasteiger partial charge in [-0.3, -0.25) is 0 Å². The van der Waals surface area contributed by atoms with Crippen LogP contribution in [0.15, 0.2) is 29.0 Å². The Bertz CT molecular complexity index is 573. The van der Waals surface area contributed by atoms with Gasteiger partial charge in [-0.25, -0.2) is 0 Å². The highest BCUT2D eigenvalue weighted by Gasteiger charge is 2.04. The monoisotopic (exact) mass is 336 g/mol. The van der Waals surface area contributed by atoms with Gasteiger partial charge in [0, 0.05) is 23.7 Å². The van der Waals surface area contributed by atoms with E-state index in [1.54, 1.807) is 0 Å². The first-order valence-corrected chi connectivity index (χ1v) is 9.82. The molecule has 1 aliphatic carbocycles. The quantitative estimate of drug-likeness (QED) is 0.249. The van der Waals surface area contributed by atoms with E-state index in [2.05, 4.69) is 83.1 Å². The molecule has 0 heteroatoms. The zero-order valence-electron chi connectivity index (χ0n) is 17.3. The third-order valence-corrected chi connectivity index (χ3v) is 3.73. The lowest BCUT2D eigenvalue weighted by Crippen LogP contribution is -1.99. The van der Waals surface area contributed by atoms with Crippen LogP contribution in [0.25, 0.3) is 0 Å². The number of allylic oxidation sites excluding steroid dienone is 3. The Balaban J connectivity index is 2.21. The molecule has 0 fully saturated rings. The van der Waals surface area contributed by atoms with Crippen molar-refractivity contribution in [3.8, 4) is 23.7 Å². The predicted octanol–water partition coefficient (Wildman–Crippen LogP) is 7.23. The standard InChI is InChI=1S/C25H36/c1-24(2,3)19-13-9-7-11-15-22-17-18-23(21-22)16-12-8-10-14-20-25(4,5)6/h17-18H,7-12,15-16H2,1-6H3. The van der Waals surface area contributed by atoms with Crippen LogP contribution in [0.2, 0.25) is 0 Å². The SMILES string of the molecule is CC(C)(C)C#CCCCCC1=C=C(CCCCC#CC(C)(C)C)C=C1. The predicted molar refractivity (Wildman–Crippen MR) is 111 cm³/mol. The van der Waals surface area contributed by atoms with Crippen LogP contribution in [0.4, 0.5) is 0 Å². The maximum atomic E-state index is 3.57. The summed E-state index contributed by atoms with van der Waals surface area (Å²) in [5.41, 5.74) is 6.57. The van der Waals surface area contributed by atoms with Crippen molar-refractivity contribution >= 4 is 0 Å². The Morgan fingerprint density at radius 1 is 0.680 bits per heavy atom. The highest BCUT2D eigenvalue weighted by molar-refractivity contribution is 5.36. The minimum absolute atomic E-state index is 0.132. The first kappa shape index (κ1) is 21.4. The molecule has 1 rings (SSSR count). The van der Waals surface area contributed by atoms with Gasteiger partial charge in [-0.1, -0.05) is 24.0 Å². The molecule has 0 aromatic carbocycles. The van der Waals surface area contributed by atoms with Gasteiger partial charge in [0.25, 0.3) is 0 Å². The number of hydrogen-bond acceptors (Lipinski definition) is 0. The Morgan fingerprint density at radius 3 is 1.44 bits per heavy atom. The van der Waals surface area contributed by atoms with Crippen LogP contribution in [0.1, 0.15) is 92.9 Å². The number of unbranched alkanes of at least 4 members (excludes halogenated alkanes) is 4. The highest BCUT2D eigenvalue weighted by Crippen LogP contribution is 2.20. The number of hydrogen-bond donors (Lipinski definition) is 0. The molecule has 0 nitrogen and oxygen atoms in total. The van der Waals surface area contributed by atoms with Crippen molar-refractivity contribution in [2.45, 2.75) is 92.9 Å². The molecular formula is C25H36. The molecular weight excluding hydrogens is 300 g/mol. The molecule has 0 saturated carbocycles. The van der Waals surface area contributed by atoms with Gasteiger partial charge >= 0.3 is 0 Å². The molecule has 0 amide bonds. The van der Waals surface area contributed by atoms with E-state index < -0.39 is 0 Å². The first-order valence-electron chi connectivity index (χ1n) is 9.82. The molecule has 0 aromatic heterocycles. The van der Waals surface area contributed by atoms with E-state index in [1.807, 2.05) is 0 Å². The minimum atomic E-state index is 0.132. The summed E-state index contributed by atoms with van der Waals surface area (Å²) in [5, 5.41) is 0. The molecule has 0 unspecified atom stereocenters. The van der Waals surface area contributed by atoms with Gasteiger partial charge in [0.1, 0.15) is 0 Å². The van der Waals surface area contributed by atoms with Crippen molar-refractivity contribution in [3.05, 3.63) is 29.0 Å². The summed E-state index contributed by atoms with van der Waals surface area (Å²) in [6.45, 7) is 13.0. The third-order valence-electron chi connectivity index (χ3n) is 3.73. The summed E-state index contributed by atoms with van der Waals surface area (Å²) in [6, 6.07) is 0. The fourth-order valence-corrected chi connectivity index (χ4v) is 2.50. The van der Waals surface area contributed by atoms with Gasteiger partial charge in [-0.05, 0) is 91.2 Å². The van der Waals surface area contributed by atoms with E-state index >= 15 is 0 Å². The van der Waals surface area contributed by atoms with Crippen LogP contribution in [0.3, 0.4) is 0 Å². The zero-order chi connectivity index (χ0) is 18.8. The molecule has 0 atom stereocenters. The van der Waals surface area contributed by atoms with Crippen LogP contribution in [0, 0.1) is 34.5 Å². The lowest BCUT2D eigenvalue weighted by atomic mass is 9.97. The molecule has 0 bridgehead atoms. The van der Waals surface area contributed by atoms with Crippen molar-refractivity contribution in [2.24, 2.45) is 10.8 Å². The van der Waals surface area contributed by atoms with Gasteiger partial charge in [-0.15, -0.1) is 17.6 Å². The molecule has 0 aromatic rings. The van der Waals surface area contributed by atoms with Crippen LogP contribution in [-0.4, -0.2) is 0 Å². The van der Waals surface area contributed by atoms with Gasteiger partial charge in [0.2, 0.25) is 0 Å². The molecule has 136 valence electrons. The summed E-state index contributed by atoms with van der Waals surface area (Å²) < 4.78 is 0. The Hall–Kier alpha value is -1.62. The largest absolute Gasteiger partial charge is 0.114 e. The minimum Gasteiger partial charge on any atom is -0.114 e. The third kappa shape index (κ3) is 12.4. The van der Waals surface area contributed by atoms with Gasteiger partial charge in [0.05, 0.1) is 0 Å². The molecule has 1 aliphatic rings. The Labute approximate surface area is 156 Å². The average molecular weight is 337 g/mol. The molecule has 0 N–H and O–H groups in total. The fourth-order valence-electron chi connectivity index (χ4n) is 2.50. The molecule has 0 saturated heterocycles. The van der Waals surface area contributed by atoms with Crippen LogP contribution in [0.5, 0.6) is 0 Å². The molecule has 0 spiro atoms. The summed E-state index contributed by atoms with van der Waals surface area (Å²) >= 11 is 0. The normalized spacial score (nSPS) is 13.5. The van der Waals surface area contributed by atoms with Crippen LogP contribution < -0.4 is 0 Å².